The van der Waals surface area contributed by atoms with Crippen molar-refractivity contribution in [3.05, 3.63) is 35.3 Å². The fourth-order valence-corrected chi connectivity index (χ4v) is 2.11. The molecular weight excluding hydrogens is 267 g/mol. The molecule has 0 radical (unpaired) electrons. The number of aromatic nitrogens is 1. The van der Waals surface area contributed by atoms with Crippen LogP contribution in [-0.2, 0) is 6.61 Å². The van der Waals surface area contributed by atoms with Crippen molar-refractivity contribution in [2.24, 2.45) is 0 Å². The Morgan fingerprint density at radius 2 is 2.11 bits per heavy atom. The zero-order chi connectivity index (χ0) is 13.2. The molecule has 1 aromatic heterocycles. The zero-order valence-corrected chi connectivity index (χ0v) is 9.76. The first-order valence-electron chi connectivity index (χ1n) is 4.90. The van der Waals surface area contributed by atoms with Crippen LogP contribution in [0.3, 0.4) is 0 Å². The molecule has 0 aliphatic carbocycles. The van der Waals surface area contributed by atoms with Crippen LogP contribution in [0.2, 0.25) is 0 Å². The maximum atomic E-state index is 12.1. The summed E-state index contributed by atoms with van der Waals surface area (Å²) in [6.45, 7) is -0.142. The second kappa shape index (κ2) is 4.95. The van der Waals surface area contributed by atoms with Gasteiger partial charge in [-0.2, -0.15) is 0 Å². The zero-order valence-electron chi connectivity index (χ0n) is 8.94. The van der Waals surface area contributed by atoms with Gasteiger partial charge in [0.05, 0.1) is 11.5 Å². The molecule has 2 rings (SSSR count). The lowest BCUT2D eigenvalue weighted by Crippen LogP contribution is -2.17. The molecule has 1 aromatic carbocycles. The van der Waals surface area contributed by atoms with Gasteiger partial charge in [-0.05, 0) is 12.1 Å². The van der Waals surface area contributed by atoms with Gasteiger partial charge in [0.25, 0.3) is 0 Å². The summed E-state index contributed by atoms with van der Waals surface area (Å²) >= 11 is 1.21. The van der Waals surface area contributed by atoms with Crippen molar-refractivity contribution in [1.29, 1.82) is 0 Å². The number of aliphatic hydroxyl groups excluding tert-OH is 1. The number of nitrogens with zero attached hydrogens (tertiary/aromatic N) is 1. The fourth-order valence-electron chi connectivity index (χ4n) is 1.34. The van der Waals surface area contributed by atoms with Gasteiger partial charge in [-0.1, -0.05) is 12.1 Å². The predicted octanol–water partition coefficient (Wildman–Crippen LogP) is 3.20. The van der Waals surface area contributed by atoms with Gasteiger partial charge >= 0.3 is 6.36 Å². The molecule has 0 unspecified atom stereocenters. The van der Waals surface area contributed by atoms with E-state index in [1.807, 2.05) is 0 Å². The third-order valence-corrected chi connectivity index (χ3v) is 3.06. The lowest BCUT2D eigenvalue weighted by Gasteiger charge is -2.09. The summed E-state index contributed by atoms with van der Waals surface area (Å²) in [5.41, 5.74) is 0.515. The number of hydrogen-bond donors (Lipinski definition) is 1. The number of aliphatic hydroxyl groups is 1. The second-order valence-corrected chi connectivity index (χ2v) is 4.48. The van der Waals surface area contributed by atoms with E-state index in [-0.39, 0.29) is 12.4 Å². The Labute approximate surface area is 104 Å². The van der Waals surface area contributed by atoms with E-state index in [4.69, 9.17) is 5.11 Å². The van der Waals surface area contributed by atoms with Crippen LogP contribution >= 0.6 is 11.3 Å². The molecule has 0 spiro atoms. The van der Waals surface area contributed by atoms with E-state index in [1.165, 1.54) is 35.7 Å². The van der Waals surface area contributed by atoms with Gasteiger partial charge in [-0.15, -0.1) is 24.5 Å². The van der Waals surface area contributed by atoms with Crippen molar-refractivity contribution < 1.29 is 23.0 Å². The summed E-state index contributed by atoms with van der Waals surface area (Å²) in [6, 6.07) is 5.56. The van der Waals surface area contributed by atoms with Crippen LogP contribution in [0.15, 0.2) is 30.5 Å². The van der Waals surface area contributed by atoms with Gasteiger partial charge in [0.15, 0.2) is 0 Å². The van der Waals surface area contributed by atoms with Crippen LogP contribution in [0, 0.1) is 0 Å². The molecule has 96 valence electrons. The van der Waals surface area contributed by atoms with Gasteiger partial charge in [0.2, 0.25) is 0 Å². The van der Waals surface area contributed by atoms with Crippen molar-refractivity contribution in [3.8, 4) is 16.3 Å². The van der Waals surface area contributed by atoms with Crippen molar-refractivity contribution in [3.63, 3.8) is 0 Å². The Bertz CT molecular complexity index is 539. The van der Waals surface area contributed by atoms with E-state index in [1.54, 1.807) is 6.07 Å². The largest absolute Gasteiger partial charge is 0.573 e. The highest BCUT2D eigenvalue weighted by molar-refractivity contribution is 7.15. The first kappa shape index (κ1) is 12.8. The Morgan fingerprint density at radius 3 is 2.72 bits per heavy atom. The van der Waals surface area contributed by atoms with E-state index >= 15 is 0 Å². The molecular formula is C11H8F3NO2S. The van der Waals surface area contributed by atoms with E-state index in [0.29, 0.717) is 15.4 Å². The monoisotopic (exact) mass is 275 g/mol. The molecule has 0 aliphatic rings. The molecule has 0 fully saturated rings. The smallest absolute Gasteiger partial charge is 0.406 e. The molecule has 0 saturated heterocycles. The normalized spacial score (nSPS) is 11.6. The number of benzene rings is 1. The highest BCUT2D eigenvalue weighted by atomic mass is 32.1. The van der Waals surface area contributed by atoms with E-state index in [0.717, 1.165) is 0 Å². The first-order valence-corrected chi connectivity index (χ1v) is 5.71. The third kappa shape index (κ3) is 3.21. The lowest BCUT2D eigenvalue weighted by molar-refractivity contribution is -0.274. The molecule has 18 heavy (non-hydrogen) atoms. The average Bonchev–Trinajstić information content (AvgIpc) is 2.75. The molecule has 0 saturated carbocycles. The minimum absolute atomic E-state index is 0.142. The minimum Gasteiger partial charge on any atom is -0.406 e. The molecule has 7 heteroatoms. The topological polar surface area (TPSA) is 42.4 Å². The van der Waals surface area contributed by atoms with Gasteiger partial charge in [-0.25, -0.2) is 4.98 Å². The Balaban J connectivity index is 2.26. The average molecular weight is 275 g/mol. The number of ether oxygens (including phenoxy) is 1. The highest BCUT2D eigenvalue weighted by Gasteiger charge is 2.31. The van der Waals surface area contributed by atoms with Crippen LogP contribution in [0.5, 0.6) is 5.75 Å². The molecule has 2 aromatic rings. The second-order valence-electron chi connectivity index (χ2n) is 3.37. The summed E-state index contributed by atoms with van der Waals surface area (Å²) in [6.07, 6.45) is -3.23. The number of thiazole rings is 1. The molecule has 1 heterocycles. The third-order valence-electron chi connectivity index (χ3n) is 2.02. The van der Waals surface area contributed by atoms with Gasteiger partial charge < -0.3 is 9.84 Å². The molecule has 1 N–H and O–H groups in total. The maximum absolute atomic E-state index is 12.1. The lowest BCUT2D eigenvalue weighted by atomic mass is 10.2. The first-order chi connectivity index (χ1) is 8.48. The van der Waals surface area contributed by atoms with Crippen LogP contribution in [-0.4, -0.2) is 16.5 Å². The summed E-state index contributed by atoms with van der Waals surface area (Å²) in [4.78, 5) is 4.66. The summed E-state index contributed by atoms with van der Waals surface area (Å²) in [7, 11) is 0. The number of hydrogen-bond acceptors (Lipinski definition) is 4. The van der Waals surface area contributed by atoms with Crippen molar-refractivity contribution in [1.82, 2.24) is 4.98 Å². The number of halogens is 3. The van der Waals surface area contributed by atoms with Gasteiger partial charge in [0.1, 0.15) is 10.8 Å². The van der Waals surface area contributed by atoms with Crippen molar-refractivity contribution >= 4 is 11.3 Å². The molecule has 0 atom stereocenters. The summed E-state index contributed by atoms with van der Waals surface area (Å²) < 4.78 is 40.0. The van der Waals surface area contributed by atoms with Crippen LogP contribution in [0.4, 0.5) is 13.2 Å². The van der Waals surface area contributed by atoms with Crippen LogP contribution < -0.4 is 4.74 Å². The molecule has 0 bridgehead atoms. The standard InChI is InChI=1S/C11H8F3NO2S/c12-11(13,14)17-8-3-1-2-7(4-8)10-15-5-9(6-16)18-10/h1-5,16H,6H2. The minimum atomic E-state index is -4.71. The van der Waals surface area contributed by atoms with Gasteiger partial charge in [-0.3, -0.25) is 0 Å². The van der Waals surface area contributed by atoms with Crippen molar-refractivity contribution in [2.75, 3.05) is 0 Å². The van der Waals surface area contributed by atoms with Crippen LogP contribution in [0.25, 0.3) is 10.6 Å². The van der Waals surface area contributed by atoms with E-state index < -0.39 is 6.36 Å². The van der Waals surface area contributed by atoms with E-state index in [9.17, 15) is 13.2 Å². The Hall–Kier alpha value is -1.60. The Kier molecular flexibility index (Phi) is 3.53. The van der Waals surface area contributed by atoms with Gasteiger partial charge in [0, 0.05) is 11.8 Å². The Morgan fingerprint density at radius 1 is 1.33 bits per heavy atom. The van der Waals surface area contributed by atoms with E-state index in [2.05, 4.69) is 9.72 Å². The molecule has 0 amide bonds. The molecule has 0 aliphatic heterocycles. The molecule has 3 nitrogen and oxygen atoms in total. The quantitative estimate of drug-likeness (QED) is 0.935. The number of rotatable bonds is 3. The highest BCUT2D eigenvalue weighted by Crippen LogP contribution is 2.30. The fraction of sp³-hybridized carbons (Fsp3) is 0.182. The predicted molar refractivity (Wildman–Crippen MR) is 60.2 cm³/mol. The summed E-state index contributed by atoms with van der Waals surface area (Å²) in [5, 5.41) is 9.44. The SMILES string of the molecule is OCc1cnc(-c2cccc(OC(F)(F)F)c2)s1. The van der Waals surface area contributed by atoms with Crippen molar-refractivity contribution in [2.45, 2.75) is 13.0 Å². The number of alkyl halides is 3. The maximum Gasteiger partial charge on any atom is 0.573 e. The summed E-state index contributed by atoms with van der Waals surface area (Å²) in [5.74, 6) is -0.291. The van der Waals surface area contributed by atoms with Crippen LogP contribution in [0.1, 0.15) is 4.88 Å².